The van der Waals surface area contributed by atoms with Gasteiger partial charge < -0.3 is 10.0 Å². The third-order valence-electron chi connectivity index (χ3n) is 4.05. The van der Waals surface area contributed by atoms with E-state index in [0.29, 0.717) is 0 Å². The second kappa shape index (κ2) is 7.22. The van der Waals surface area contributed by atoms with E-state index in [-0.39, 0.29) is 0 Å². The number of alkyl halides is 1. The topological polar surface area (TPSA) is 39.6 Å². The van der Waals surface area contributed by atoms with Crippen molar-refractivity contribution in [2.45, 2.75) is 11.6 Å². The van der Waals surface area contributed by atoms with Crippen molar-refractivity contribution in [2.24, 2.45) is 0 Å². The van der Waals surface area contributed by atoms with E-state index in [1.165, 1.54) is 5.56 Å². The Morgan fingerprint density at radius 1 is 1.05 bits per heavy atom. The Kier molecular flexibility index (Phi) is 5.08. The average molecular weight is 362 g/mol. The monoisotopic (exact) mass is 361 g/mol. The average Bonchev–Trinajstić information content (AvgIpc) is 2.57. The SMILES string of the molecule is OC(Br)c1ccccc1CN1CCN(c2ccccn2)CC1. The lowest BCUT2D eigenvalue weighted by molar-refractivity contribution is 0.241. The van der Waals surface area contributed by atoms with Gasteiger partial charge in [0.25, 0.3) is 0 Å². The molecule has 1 aromatic carbocycles. The fourth-order valence-electron chi connectivity index (χ4n) is 2.83. The van der Waals surface area contributed by atoms with Gasteiger partial charge in [-0.1, -0.05) is 46.3 Å². The minimum Gasteiger partial charge on any atom is -0.377 e. The van der Waals surface area contributed by atoms with E-state index in [2.05, 4.69) is 42.8 Å². The number of nitrogens with zero attached hydrogens (tertiary/aromatic N) is 3. The Hall–Kier alpha value is -1.43. The Labute approximate surface area is 139 Å². The molecule has 1 aliphatic rings. The van der Waals surface area contributed by atoms with Gasteiger partial charge in [0.05, 0.1) is 0 Å². The maximum absolute atomic E-state index is 9.81. The minimum atomic E-state index is -0.599. The first-order valence-electron chi connectivity index (χ1n) is 7.52. The molecule has 1 aromatic heterocycles. The van der Waals surface area contributed by atoms with Gasteiger partial charge in [0.15, 0.2) is 0 Å². The predicted octanol–water partition coefficient (Wildman–Crippen LogP) is 2.79. The van der Waals surface area contributed by atoms with E-state index >= 15 is 0 Å². The molecular weight excluding hydrogens is 342 g/mol. The number of aromatic nitrogens is 1. The third kappa shape index (κ3) is 3.66. The van der Waals surface area contributed by atoms with Crippen LogP contribution in [0, 0.1) is 0 Å². The van der Waals surface area contributed by atoms with Crippen LogP contribution in [0.5, 0.6) is 0 Å². The van der Waals surface area contributed by atoms with E-state index in [0.717, 1.165) is 44.1 Å². The van der Waals surface area contributed by atoms with Crippen molar-refractivity contribution in [1.82, 2.24) is 9.88 Å². The molecular formula is C17H20BrN3O. The lowest BCUT2D eigenvalue weighted by Gasteiger charge is -2.35. The van der Waals surface area contributed by atoms with Crippen LogP contribution in [0.1, 0.15) is 16.1 Å². The highest BCUT2D eigenvalue weighted by Crippen LogP contribution is 2.24. The van der Waals surface area contributed by atoms with E-state index < -0.39 is 5.01 Å². The summed E-state index contributed by atoms with van der Waals surface area (Å²) in [6, 6.07) is 14.1. The van der Waals surface area contributed by atoms with Gasteiger partial charge in [0.1, 0.15) is 10.8 Å². The van der Waals surface area contributed by atoms with Crippen LogP contribution in [0.15, 0.2) is 48.7 Å². The lowest BCUT2D eigenvalue weighted by Crippen LogP contribution is -2.46. The summed E-state index contributed by atoms with van der Waals surface area (Å²) in [5.41, 5.74) is 2.13. The number of hydrogen-bond donors (Lipinski definition) is 1. The summed E-state index contributed by atoms with van der Waals surface area (Å²) in [6.45, 7) is 4.84. The summed E-state index contributed by atoms with van der Waals surface area (Å²) < 4.78 is 0. The van der Waals surface area contributed by atoms with Gasteiger partial charge in [-0.25, -0.2) is 4.98 Å². The Morgan fingerprint density at radius 3 is 2.45 bits per heavy atom. The number of halogens is 1. The van der Waals surface area contributed by atoms with E-state index in [4.69, 9.17) is 0 Å². The Morgan fingerprint density at radius 2 is 1.77 bits per heavy atom. The zero-order valence-corrected chi connectivity index (χ0v) is 14.0. The first kappa shape index (κ1) is 15.5. The second-order valence-corrected chi connectivity index (χ2v) is 6.35. The molecule has 4 nitrogen and oxygen atoms in total. The van der Waals surface area contributed by atoms with E-state index in [1.807, 2.05) is 36.5 Å². The molecule has 5 heteroatoms. The molecule has 2 heterocycles. The molecule has 2 aromatic rings. The summed E-state index contributed by atoms with van der Waals surface area (Å²) in [4.78, 5) is 9.16. The molecule has 1 aliphatic heterocycles. The number of aliphatic hydroxyl groups is 1. The van der Waals surface area contributed by atoms with Crippen molar-refractivity contribution in [2.75, 3.05) is 31.1 Å². The summed E-state index contributed by atoms with van der Waals surface area (Å²) in [7, 11) is 0. The van der Waals surface area contributed by atoms with Gasteiger partial charge in [-0.15, -0.1) is 0 Å². The Balaban J connectivity index is 1.61. The highest BCUT2D eigenvalue weighted by molar-refractivity contribution is 9.09. The summed E-state index contributed by atoms with van der Waals surface area (Å²) in [6.07, 6.45) is 1.84. The van der Waals surface area contributed by atoms with Crippen LogP contribution >= 0.6 is 15.9 Å². The molecule has 0 bridgehead atoms. The number of piperazine rings is 1. The van der Waals surface area contributed by atoms with Crippen LogP contribution < -0.4 is 4.90 Å². The number of anilines is 1. The molecule has 1 fully saturated rings. The number of hydrogen-bond acceptors (Lipinski definition) is 4. The zero-order valence-electron chi connectivity index (χ0n) is 12.4. The highest BCUT2D eigenvalue weighted by Gasteiger charge is 2.19. The largest absolute Gasteiger partial charge is 0.377 e. The molecule has 0 saturated carbocycles. The second-order valence-electron chi connectivity index (χ2n) is 5.49. The first-order chi connectivity index (χ1) is 10.7. The van der Waals surface area contributed by atoms with Crippen LogP contribution in [0.2, 0.25) is 0 Å². The lowest BCUT2D eigenvalue weighted by atomic mass is 10.1. The quantitative estimate of drug-likeness (QED) is 0.850. The van der Waals surface area contributed by atoms with Crippen molar-refractivity contribution >= 4 is 21.7 Å². The number of rotatable bonds is 4. The van der Waals surface area contributed by atoms with Gasteiger partial charge >= 0.3 is 0 Å². The molecule has 1 N–H and O–H groups in total. The molecule has 1 atom stereocenters. The molecule has 116 valence electrons. The normalized spacial score (nSPS) is 17.5. The van der Waals surface area contributed by atoms with Crippen LogP contribution in [0.3, 0.4) is 0 Å². The van der Waals surface area contributed by atoms with Gasteiger partial charge in [0.2, 0.25) is 0 Å². The van der Waals surface area contributed by atoms with Crippen LogP contribution in [-0.4, -0.2) is 41.2 Å². The van der Waals surface area contributed by atoms with Crippen molar-refractivity contribution in [3.63, 3.8) is 0 Å². The molecule has 22 heavy (non-hydrogen) atoms. The summed E-state index contributed by atoms with van der Waals surface area (Å²) in [5, 5.41) is 9.21. The maximum atomic E-state index is 9.81. The van der Waals surface area contributed by atoms with E-state index in [1.54, 1.807) is 0 Å². The summed E-state index contributed by atoms with van der Waals surface area (Å²) in [5.74, 6) is 1.05. The van der Waals surface area contributed by atoms with E-state index in [9.17, 15) is 5.11 Å². The number of aliphatic hydroxyl groups excluding tert-OH is 1. The Bertz CT molecular complexity index is 598. The van der Waals surface area contributed by atoms with Crippen molar-refractivity contribution in [3.05, 3.63) is 59.8 Å². The number of benzene rings is 1. The fourth-order valence-corrected chi connectivity index (χ4v) is 3.27. The van der Waals surface area contributed by atoms with Gasteiger partial charge in [-0.2, -0.15) is 0 Å². The van der Waals surface area contributed by atoms with Crippen molar-refractivity contribution in [3.8, 4) is 0 Å². The van der Waals surface area contributed by atoms with Crippen molar-refractivity contribution in [1.29, 1.82) is 0 Å². The molecule has 1 saturated heterocycles. The van der Waals surface area contributed by atoms with Crippen LogP contribution in [0.4, 0.5) is 5.82 Å². The van der Waals surface area contributed by atoms with Gasteiger partial charge in [-0.05, 0) is 23.3 Å². The number of pyridine rings is 1. The minimum absolute atomic E-state index is 0.599. The standard InChI is InChI=1S/C17H20BrN3O/c18-17(22)15-6-2-1-5-14(15)13-20-9-11-21(12-10-20)16-7-3-4-8-19-16/h1-8,17,22H,9-13H2. The van der Waals surface area contributed by atoms with Gasteiger partial charge in [0, 0.05) is 38.9 Å². The van der Waals surface area contributed by atoms with Crippen LogP contribution in [0.25, 0.3) is 0 Å². The van der Waals surface area contributed by atoms with Crippen LogP contribution in [-0.2, 0) is 6.54 Å². The third-order valence-corrected chi connectivity index (χ3v) is 4.54. The zero-order chi connectivity index (χ0) is 15.4. The fraction of sp³-hybridized carbons (Fsp3) is 0.353. The molecule has 0 amide bonds. The van der Waals surface area contributed by atoms with Gasteiger partial charge in [-0.3, -0.25) is 4.90 Å². The summed E-state index contributed by atoms with van der Waals surface area (Å²) >= 11 is 3.26. The maximum Gasteiger partial charge on any atom is 0.134 e. The molecule has 0 aliphatic carbocycles. The molecule has 0 radical (unpaired) electrons. The molecule has 0 spiro atoms. The first-order valence-corrected chi connectivity index (χ1v) is 8.44. The van der Waals surface area contributed by atoms with Crippen molar-refractivity contribution < 1.29 is 5.11 Å². The highest BCUT2D eigenvalue weighted by atomic mass is 79.9. The predicted molar refractivity (Wildman–Crippen MR) is 92.1 cm³/mol. The molecule has 1 unspecified atom stereocenters. The molecule has 3 rings (SSSR count). The smallest absolute Gasteiger partial charge is 0.134 e.